The number of amides is 1. The van der Waals surface area contributed by atoms with E-state index in [1.54, 1.807) is 4.90 Å². The van der Waals surface area contributed by atoms with Crippen LogP contribution in [0.1, 0.15) is 24.8 Å². The third-order valence-corrected chi connectivity index (χ3v) is 9.59. The first kappa shape index (κ1) is 29.2. The Bertz CT molecular complexity index is 1770. The lowest BCUT2D eigenvalue weighted by Gasteiger charge is -2.37. The van der Waals surface area contributed by atoms with Gasteiger partial charge in [-0.3, -0.25) is 14.5 Å². The molecule has 0 saturated carbocycles. The second-order valence-corrected chi connectivity index (χ2v) is 13.1. The van der Waals surface area contributed by atoms with Gasteiger partial charge < -0.3 is 11.1 Å². The van der Waals surface area contributed by atoms with Crippen molar-refractivity contribution in [3.05, 3.63) is 88.9 Å². The van der Waals surface area contributed by atoms with Crippen LogP contribution in [0.2, 0.25) is 0 Å². The fourth-order valence-corrected chi connectivity index (χ4v) is 6.91. The van der Waals surface area contributed by atoms with E-state index in [0.29, 0.717) is 45.7 Å². The van der Waals surface area contributed by atoms with Crippen LogP contribution in [0.5, 0.6) is 0 Å². The van der Waals surface area contributed by atoms with Gasteiger partial charge in [0.15, 0.2) is 10.1 Å². The number of carbonyl (C=O) groups excluding carboxylic acids is 2. The number of benzene rings is 2. The summed E-state index contributed by atoms with van der Waals surface area (Å²) in [6, 6.07) is 17.3. The van der Waals surface area contributed by atoms with Gasteiger partial charge in [-0.05, 0) is 42.7 Å². The van der Waals surface area contributed by atoms with Crippen LogP contribution in [0.3, 0.4) is 0 Å². The Kier molecular flexibility index (Phi) is 8.55. The highest BCUT2D eigenvalue weighted by Gasteiger charge is 2.39. The Labute approximate surface area is 250 Å². The average molecular weight is 620 g/mol. The first-order valence-electron chi connectivity index (χ1n) is 12.7. The number of Topliss-reactive ketones (excluding diaryl/α,β-unsaturated/α-hetero) is 1. The molecule has 2 heterocycles. The predicted molar refractivity (Wildman–Crippen MR) is 161 cm³/mol. The number of anilines is 2. The summed E-state index contributed by atoms with van der Waals surface area (Å²) in [6.07, 6.45) is 5.36. The van der Waals surface area contributed by atoms with Gasteiger partial charge in [0.25, 0.3) is 0 Å². The number of ketones is 1. The quantitative estimate of drug-likeness (QED) is 0.314. The maximum atomic E-state index is 13.2. The number of thioether (sulfide) groups is 1. The molecule has 2 aliphatic rings. The highest BCUT2D eigenvalue weighted by molar-refractivity contribution is 8.01. The molecule has 5 rings (SSSR count). The van der Waals surface area contributed by atoms with E-state index in [9.17, 15) is 23.3 Å². The largest absolute Gasteiger partial charge is 0.384 e. The maximum absolute atomic E-state index is 13.2. The zero-order valence-corrected chi connectivity index (χ0v) is 24.5. The van der Waals surface area contributed by atoms with Crippen molar-refractivity contribution in [2.45, 2.75) is 28.5 Å². The van der Waals surface area contributed by atoms with Crippen molar-refractivity contribution in [3.63, 3.8) is 0 Å². The van der Waals surface area contributed by atoms with Crippen molar-refractivity contribution in [1.29, 1.82) is 5.26 Å². The van der Waals surface area contributed by atoms with Crippen molar-refractivity contribution >= 4 is 61.7 Å². The molecule has 0 bridgehead atoms. The fourth-order valence-electron chi connectivity index (χ4n) is 4.71. The monoisotopic (exact) mass is 619 g/mol. The molecular weight excluding hydrogens is 595 g/mol. The molecular formula is C28H25N7O4S3. The summed E-state index contributed by atoms with van der Waals surface area (Å²) in [5, 5.41) is 26.8. The van der Waals surface area contributed by atoms with Gasteiger partial charge in [-0.1, -0.05) is 65.6 Å². The molecule has 1 atom stereocenters. The fraction of sp³-hybridized carbons (Fsp3) is 0.179. The van der Waals surface area contributed by atoms with Gasteiger partial charge >= 0.3 is 0 Å². The first-order chi connectivity index (χ1) is 20.2. The van der Waals surface area contributed by atoms with E-state index in [1.807, 2.05) is 42.5 Å². The van der Waals surface area contributed by atoms with Crippen molar-refractivity contribution in [1.82, 2.24) is 10.2 Å². The van der Waals surface area contributed by atoms with Crippen molar-refractivity contribution in [3.8, 4) is 6.07 Å². The molecule has 42 heavy (non-hydrogen) atoms. The number of hydrogen-bond donors (Lipinski definition) is 3. The summed E-state index contributed by atoms with van der Waals surface area (Å²) >= 11 is 2.35. The molecule has 0 radical (unpaired) electrons. The van der Waals surface area contributed by atoms with Gasteiger partial charge in [0.05, 0.1) is 22.3 Å². The topological polar surface area (TPSA) is 185 Å². The lowest BCUT2D eigenvalue weighted by molar-refractivity contribution is -0.116. The third kappa shape index (κ3) is 6.29. The molecule has 214 valence electrons. The molecule has 2 aromatic carbocycles. The molecule has 1 aliphatic carbocycles. The lowest BCUT2D eigenvalue weighted by Crippen LogP contribution is -2.39. The number of rotatable bonds is 8. The molecule has 1 aromatic heterocycles. The van der Waals surface area contributed by atoms with Crippen molar-refractivity contribution in [2.75, 3.05) is 16.0 Å². The highest BCUT2D eigenvalue weighted by atomic mass is 32.2. The molecule has 14 heteroatoms. The standard InChI is InChI=1S/C28H25N7O4S3/c29-15-21-20(14-9-17-5-2-1-3-6-17)25-22(7-4-8-23(25)36)35(26(21)30)27-33-34-28(41-27)40-16-24(37)32-18-10-12-19(13-11-18)42(31,38)39/h1-3,5-6,9-14,20H,4,7-8,16,30H2,(H,32,37)(H2,31,38,39)/b14-9+. The number of hydrogen-bond acceptors (Lipinski definition) is 11. The normalized spacial score (nSPS) is 17.4. The second-order valence-electron chi connectivity index (χ2n) is 9.39. The van der Waals surface area contributed by atoms with E-state index in [1.165, 1.54) is 35.6 Å². The molecule has 0 fully saturated rings. The maximum Gasteiger partial charge on any atom is 0.238 e. The summed E-state index contributed by atoms with van der Waals surface area (Å²) in [4.78, 5) is 27.3. The van der Waals surface area contributed by atoms with Crippen molar-refractivity contribution < 1.29 is 18.0 Å². The Hall–Kier alpha value is -4.29. The number of nitrogens with zero attached hydrogens (tertiary/aromatic N) is 4. The third-order valence-electron chi connectivity index (χ3n) is 6.62. The molecule has 1 amide bonds. The second kappa shape index (κ2) is 12.3. The zero-order valence-electron chi connectivity index (χ0n) is 22.1. The number of carbonyl (C=O) groups is 2. The summed E-state index contributed by atoms with van der Waals surface area (Å²) in [6.45, 7) is 0. The van der Waals surface area contributed by atoms with Crippen LogP contribution < -0.4 is 21.1 Å². The predicted octanol–water partition coefficient (Wildman–Crippen LogP) is 3.77. The Morgan fingerprint density at radius 3 is 2.60 bits per heavy atom. The molecule has 0 spiro atoms. The molecule has 11 nitrogen and oxygen atoms in total. The molecule has 5 N–H and O–H groups in total. The van der Waals surface area contributed by atoms with Gasteiger partial charge in [-0.15, -0.1) is 10.2 Å². The van der Waals surface area contributed by atoms with Gasteiger partial charge in [-0.2, -0.15) is 5.26 Å². The van der Waals surface area contributed by atoms with E-state index in [4.69, 9.17) is 10.9 Å². The number of allylic oxidation sites excluding steroid dienone is 4. The number of nitrogens with two attached hydrogens (primary N) is 2. The summed E-state index contributed by atoms with van der Waals surface area (Å²) in [5.74, 6) is -0.725. The highest BCUT2D eigenvalue weighted by Crippen LogP contribution is 2.44. The van der Waals surface area contributed by atoms with Crippen LogP contribution in [-0.2, 0) is 19.6 Å². The Balaban J connectivity index is 1.34. The number of aromatic nitrogens is 2. The zero-order chi connectivity index (χ0) is 29.9. The van der Waals surface area contributed by atoms with E-state index in [0.717, 1.165) is 17.3 Å². The number of nitriles is 1. The number of nitrogens with one attached hydrogen (secondary N) is 1. The minimum atomic E-state index is -3.83. The molecule has 3 aromatic rings. The molecule has 0 saturated heterocycles. The van der Waals surface area contributed by atoms with Gasteiger partial charge in [-0.25, -0.2) is 13.6 Å². The Morgan fingerprint density at radius 1 is 1.17 bits per heavy atom. The first-order valence-corrected chi connectivity index (χ1v) is 16.1. The van der Waals surface area contributed by atoms with Crippen LogP contribution in [0.25, 0.3) is 6.08 Å². The van der Waals surface area contributed by atoms with E-state index in [-0.39, 0.29) is 33.7 Å². The van der Waals surface area contributed by atoms with Crippen LogP contribution in [-0.4, -0.2) is 36.1 Å². The number of primary sulfonamides is 1. The number of sulfonamides is 1. The summed E-state index contributed by atoms with van der Waals surface area (Å²) in [7, 11) is -3.83. The van der Waals surface area contributed by atoms with Crippen molar-refractivity contribution in [2.24, 2.45) is 16.8 Å². The van der Waals surface area contributed by atoms with E-state index in [2.05, 4.69) is 21.6 Å². The minimum Gasteiger partial charge on any atom is -0.384 e. The van der Waals surface area contributed by atoms with Gasteiger partial charge in [0.1, 0.15) is 5.82 Å². The van der Waals surface area contributed by atoms with Crippen LogP contribution in [0.15, 0.2) is 92.6 Å². The van der Waals surface area contributed by atoms with E-state index >= 15 is 0 Å². The SMILES string of the molecule is N#CC1=C(N)N(c2nnc(SCC(=O)Nc3ccc(S(N)(=O)=O)cc3)s2)C2=C(C(=O)CCC2)C1/C=C/c1ccccc1. The lowest BCUT2D eigenvalue weighted by atomic mass is 9.79. The van der Waals surface area contributed by atoms with E-state index < -0.39 is 15.9 Å². The summed E-state index contributed by atoms with van der Waals surface area (Å²) < 4.78 is 23.3. The van der Waals surface area contributed by atoms with Gasteiger partial charge in [0, 0.05) is 29.3 Å². The summed E-state index contributed by atoms with van der Waals surface area (Å²) in [5.41, 5.74) is 9.42. The Morgan fingerprint density at radius 2 is 1.90 bits per heavy atom. The molecule has 1 unspecified atom stereocenters. The molecule has 1 aliphatic heterocycles. The minimum absolute atomic E-state index is 0.0130. The van der Waals surface area contributed by atoms with Gasteiger partial charge in [0.2, 0.25) is 21.1 Å². The van der Waals surface area contributed by atoms with Crippen LogP contribution in [0.4, 0.5) is 10.8 Å². The van der Waals surface area contributed by atoms with Crippen LogP contribution >= 0.6 is 23.1 Å². The average Bonchev–Trinajstić information content (AvgIpc) is 3.43. The van der Waals surface area contributed by atoms with Crippen LogP contribution in [0, 0.1) is 17.2 Å². The smallest absolute Gasteiger partial charge is 0.238 e.